The first-order chi connectivity index (χ1) is 9.99. The number of anilines is 1. The second kappa shape index (κ2) is 6.19. The molecule has 0 atom stereocenters. The number of aromatic carboxylic acids is 1. The summed E-state index contributed by atoms with van der Waals surface area (Å²) in [5.74, 6) is -1.37. The van der Waals surface area contributed by atoms with Gasteiger partial charge in [0.25, 0.3) is 0 Å². The van der Waals surface area contributed by atoms with Crippen LogP contribution in [0, 0.1) is 10.1 Å². The Morgan fingerprint density at radius 3 is 2.67 bits per heavy atom. The third-order valence-corrected chi connectivity index (χ3v) is 3.06. The maximum atomic E-state index is 10.9. The number of nitrogens with zero attached hydrogens (tertiary/aromatic N) is 2. The van der Waals surface area contributed by atoms with Gasteiger partial charge in [0.1, 0.15) is 0 Å². The van der Waals surface area contributed by atoms with Gasteiger partial charge >= 0.3 is 11.7 Å². The van der Waals surface area contributed by atoms with Crippen LogP contribution < -0.4 is 5.32 Å². The van der Waals surface area contributed by atoms with E-state index in [0.717, 1.165) is 17.7 Å². The van der Waals surface area contributed by atoms with Crippen molar-refractivity contribution in [1.29, 1.82) is 0 Å². The van der Waals surface area contributed by atoms with Crippen LogP contribution in [0.15, 0.2) is 36.4 Å². The van der Waals surface area contributed by atoms with Crippen LogP contribution in [-0.2, 0) is 6.54 Å². The average molecular weight is 308 g/mol. The van der Waals surface area contributed by atoms with E-state index in [1.807, 2.05) is 0 Å². The van der Waals surface area contributed by atoms with Gasteiger partial charge in [-0.1, -0.05) is 29.8 Å². The van der Waals surface area contributed by atoms with Crippen molar-refractivity contribution >= 4 is 29.1 Å². The highest BCUT2D eigenvalue weighted by Gasteiger charge is 2.18. The number of hydrogen-bond donors (Lipinski definition) is 2. The number of halogens is 1. The topological polar surface area (TPSA) is 105 Å². The standard InChI is InChI=1S/C13H10ClN3O4/c14-9-4-2-1-3-8(9)7-15-12-11(17(20)21)6-5-10(16-12)13(18)19/h1-6H,7H2,(H,15,16)(H,18,19). The average Bonchev–Trinajstić information content (AvgIpc) is 2.46. The third-order valence-electron chi connectivity index (χ3n) is 2.69. The van der Waals surface area contributed by atoms with Crippen LogP contribution in [0.2, 0.25) is 5.02 Å². The van der Waals surface area contributed by atoms with Crippen LogP contribution in [0.3, 0.4) is 0 Å². The van der Waals surface area contributed by atoms with Crippen molar-refractivity contribution in [2.45, 2.75) is 6.54 Å². The molecule has 0 spiro atoms. The van der Waals surface area contributed by atoms with Crippen molar-refractivity contribution in [2.24, 2.45) is 0 Å². The Hall–Kier alpha value is -2.67. The third kappa shape index (κ3) is 3.46. The summed E-state index contributed by atoms with van der Waals surface area (Å²) in [5.41, 5.74) is 0.144. The number of rotatable bonds is 5. The normalized spacial score (nSPS) is 10.1. The van der Waals surface area contributed by atoms with Crippen LogP contribution >= 0.6 is 11.6 Å². The molecule has 108 valence electrons. The Kier molecular flexibility index (Phi) is 4.34. The van der Waals surface area contributed by atoms with E-state index in [1.165, 1.54) is 0 Å². The zero-order valence-electron chi connectivity index (χ0n) is 10.6. The maximum absolute atomic E-state index is 10.9. The van der Waals surface area contributed by atoms with Crippen LogP contribution in [0.1, 0.15) is 16.1 Å². The summed E-state index contributed by atoms with van der Waals surface area (Å²) in [6.07, 6.45) is 0. The van der Waals surface area contributed by atoms with Gasteiger partial charge in [-0.15, -0.1) is 0 Å². The summed E-state index contributed by atoms with van der Waals surface area (Å²) >= 11 is 5.99. The molecular weight excluding hydrogens is 298 g/mol. The van der Waals surface area contributed by atoms with E-state index in [2.05, 4.69) is 10.3 Å². The molecule has 0 amide bonds. The highest BCUT2D eigenvalue weighted by molar-refractivity contribution is 6.31. The molecule has 0 bridgehead atoms. The minimum atomic E-state index is -1.26. The zero-order chi connectivity index (χ0) is 15.4. The number of carbonyl (C=O) groups is 1. The minimum Gasteiger partial charge on any atom is -0.477 e. The quantitative estimate of drug-likeness (QED) is 0.650. The van der Waals surface area contributed by atoms with Gasteiger partial charge in [-0.2, -0.15) is 0 Å². The molecule has 1 aromatic carbocycles. The van der Waals surface area contributed by atoms with E-state index in [9.17, 15) is 14.9 Å². The number of aromatic nitrogens is 1. The predicted octanol–water partition coefficient (Wildman–Crippen LogP) is 2.95. The first kappa shape index (κ1) is 14.7. The number of hydrogen-bond acceptors (Lipinski definition) is 5. The molecule has 1 heterocycles. The molecular formula is C13H10ClN3O4. The van der Waals surface area contributed by atoms with Gasteiger partial charge in [-0.3, -0.25) is 10.1 Å². The Labute approximate surface area is 124 Å². The highest BCUT2D eigenvalue weighted by atomic mass is 35.5. The van der Waals surface area contributed by atoms with Crippen molar-refractivity contribution in [2.75, 3.05) is 5.32 Å². The van der Waals surface area contributed by atoms with Gasteiger partial charge in [0.2, 0.25) is 5.82 Å². The molecule has 0 saturated carbocycles. The molecule has 0 fully saturated rings. The van der Waals surface area contributed by atoms with Crippen LogP contribution in [0.5, 0.6) is 0 Å². The largest absolute Gasteiger partial charge is 0.477 e. The number of nitrogens with one attached hydrogen (secondary N) is 1. The van der Waals surface area contributed by atoms with Crippen LogP contribution in [0.25, 0.3) is 0 Å². The Bertz CT molecular complexity index is 706. The van der Waals surface area contributed by atoms with Crippen molar-refractivity contribution in [3.05, 3.63) is 62.8 Å². The van der Waals surface area contributed by atoms with Gasteiger partial charge in [-0.05, 0) is 17.7 Å². The second-order valence-electron chi connectivity index (χ2n) is 4.07. The monoisotopic (exact) mass is 307 g/mol. The van der Waals surface area contributed by atoms with Crippen molar-refractivity contribution < 1.29 is 14.8 Å². The SMILES string of the molecule is O=C(O)c1ccc([N+](=O)[O-])c(NCc2ccccc2Cl)n1. The lowest BCUT2D eigenvalue weighted by molar-refractivity contribution is -0.384. The lowest BCUT2D eigenvalue weighted by Gasteiger charge is -2.08. The van der Waals surface area contributed by atoms with Crippen molar-refractivity contribution in [1.82, 2.24) is 4.98 Å². The maximum Gasteiger partial charge on any atom is 0.354 e. The minimum absolute atomic E-state index is 0.111. The summed E-state index contributed by atoms with van der Waals surface area (Å²) in [6, 6.07) is 9.17. The Morgan fingerprint density at radius 1 is 1.33 bits per heavy atom. The van der Waals surface area contributed by atoms with Crippen LogP contribution in [-0.4, -0.2) is 21.0 Å². The smallest absolute Gasteiger partial charge is 0.354 e. The van der Waals surface area contributed by atoms with E-state index < -0.39 is 10.9 Å². The summed E-state index contributed by atoms with van der Waals surface area (Å²) in [5, 5.41) is 23.1. The number of nitro groups is 1. The molecule has 21 heavy (non-hydrogen) atoms. The first-order valence-corrected chi connectivity index (χ1v) is 6.23. The molecule has 1 aromatic heterocycles. The number of carboxylic acid groups (broad SMARTS) is 1. The lowest BCUT2D eigenvalue weighted by atomic mass is 10.2. The second-order valence-corrected chi connectivity index (χ2v) is 4.48. The molecule has 2 aromatic rings. The summed E-state index contributed by atoms with van der Waals surface area (Å²) < 4.78 is 0. The molecule has 2 rings (SSSR count). The van der Waals surface area contributed by atoms with E-state index in [4.69, 9.17) is 16.7 Å². The van der Waals surface area contributed by atoms with Gasteiger partial charge in [0, 0.05) is 17.6 Å². The zero-order valence-corrected chi connectivity index (χ0v) is 11.4. The fourth-order valence-corrected chi connectivity index (χ4v) is 1.87. The van der Waals surface area contributed by atoms with Crippen molar-refractivity contribution in [3.63, 3.8) is 0 Å². The number of benzene rings is 1. The van der Waals surface area contributed by atoms with Gasteiger partial charge in [0.05, 0.1) is 4.92 Å². The molecule has 0 unspecified atom stereocenters. The van der Waals surface area contributed by atoms with E-state index >= 15 is 0 Å². The Balaban J connectivity index is 2.29. The molecule has 0 aliphatic rings. The predicted molar refractivity (Wildman–Crippen MR) is 76.6 cm³/mol. The summed E-state index contributed by atoms with van der Waals surface area (Å²) in [6.45, 7) is 0.191. The molecule has 0 radical (unpaired) electrons. The first-order valence-electron chi connectivity index (χ1n) is 5.85. The van der Waals surface area contributed by atoms with E-state index in [0.29, 0.717) is 5.02 Å². The summed E-state index contributed by atoms with van der Waals surface area (Å²) in [7, 11) is 0. The fourth-order valence-electron chi connectivity index (χ4n) is 1.67. The van der Waals surface area contributed by atoms with Crippen molar-refractivity contribution in [3.8, 4) is 0 Å². The van der Waals surface area contributed by atoms with Gasteiger partial charge in [-0.25, -0.2) is 9.78 Å². The van der Waals surface area contributed by atoms with E-state index in [-0.39, 0.29) is 23.7 Å². The molecule has 7 nitrogen and oxygen atoms in total. The number of carboxylic acids is 1. The highest BCUT2D eigenvalue weighted by Crippen LogP contribution is 2.24. The molecule has 0 aliphatic heterocycles. The van der Waals surface area contributed by atoms with Crippen LogP contribution in [0.4, 0.5) is 11.5 Å². The Morgan fingerprint density at radius 2 is 2.05 bits per heavy atom. The fraction of sp³-hybridized carbons (Fsp3) is 0.0769. The molecule has 0 saturated heterocycles. The van der Waals surface area contributed by atoms with Gasteiger partial charge in [0.15, 0.2) is 5.69 Å². The molecule has 0 aliphatic carbocycles. The van der Waals surface area contributed by atoms with E-state index in [1.54, 1.807) is 24.3 Å². The lowest BCUT2D eigenvalue weighted by Crippen LogP contribution is -2.08. The molecule has 2 N–H and O–H groups in total. The van der Waals surface area contributed by atoms with Gasteiger partial charge < -0.3 is 10.4 Å². The number of pyridine rings is 1. The summed E-state index contributed by atoms with van der Waals surface area (Å²) in [4.78, 5) is 24.9. The molecule has 8 heteroatoms.